The number of allylic oxidation sites excluding steroid dienone is 1. The monoisotopic (exact) mass is 151 g/mol. The molecule has 0 spiro atoms. The normalized spacial score (nSPS) is 17.4. The highest BCUT2D eigenvalue weighted by Crippen LogP contribution is 2.03. The van der Waals surface area contributed by atoms with Crippen LogP contribution in [0.2, 0.25) is 0 Å². The van der Waals surface area contributed by atoms with Crippen molar-refractivity contribution in [2.24, 2.45) is 0 Å². The second-order valence-electron chi connectivity index (χ2n) is 2.23. The van der Waals surface area contributed by atoms with Gasteiger partial charge in [0, 0.05) is 11.6 Å². The van der Waals surface area contributed by atoms with Gasteiger partial charge < -0.3 is 0 Å². The van der Waals surface area contributed by atoms with E-state index < -0.39 is 0 Å². The van der Waals surface area contributed by atoms with Gasteiger partial charge in [-0.1, -0.05) is 19.1 Å². The maximum absolute atomic E-state index is 10.8. The molecule has 11 heavy (non-hydrogen) atoms. The van der Waals surface area contributed by atoms with E-state index in [-0.39, 0.29) is 11.8 Å². The largest absolute Gasteiger partial charge is 0.289 e. The Morgan fingerprint density at radius 3 is 2.73 bits per heavy atom. The van der Waals surface area contributed by atoms with Crippen LogP contribution >= 0.6 is 0 Å². The summed E-state index contributed by atoms with van der Waals surface area (Å²) < 4.78 is 0. The van der Waals surface area contributed by atoms with Gasteiger partial charge in [0.2, 0.25) is 0 Å². The minimum atomic E-state index is -0.328. The summed E-state index contributed by atoms with van der Waals surface area (Å²) in [6.07, 6.45) is 5.65. The molecule has 1 rings (SSSR count). The first-order valence-electron chi connectivity index (χ1n) is 3.47. The second-order valence-corrected chi connectivity index (χ2v) is 2.23. The highest BCUT2D eigenvalue weighted by molar-refractivity contribution is 6.17. The van der Waals surface area contributed by atoms with Gasteiger partial charge in [0.15, 0.2) is 0 Å². The molecule has 0 unspecified atom stereocenters. The van der Waals surface area contributed by atoms with Crippen LogP contribution in [0.3, 0.4) is 0 Å². The number of amides is 2. The molecule has 2 amide bonds. The summed E-state index contributed by atoms with van der Waals surface area (Å²) in [5.41, 5.74) is 0.442. The fourth-order valence-electron chi connectivity index (χ4n) is 0.796. The van der Waals surface area contributed by atoms with Crippen molar-refractivity contribution in [2.45, 2.75) is 13.3 Å². The Balaban J connectivity index is 2.72. The molecule has 1 aliphatic rings. The third-order valence-corrected chi connectivity index (χ3v) is 1.32. The summed E-state index contributed by atoms with van der Waals surface area (Å²) in [6, 6.07) is 0. The first kappa shape index (κ1) is 7.72. The Morgan fingerprint density at radius 2 is 2.27 bits per heavy atom. The van der Waals surface area contributed by atoms with Crippen LogP contribution in [0.5, 0.6) is 0 Å². The molecule has 0 saturated carbocycles. The molecule has 0 aliphatic carbocycles. The van der Waals surface area contributed by atoms with E-state index in [1.54, 1.807) is 6.08 Å². The van der Waals surface area contributed by atoms with Gasteiger partial charge in [-0.2, -0.15) is 0 Å². The number of carbonyl (C=O) groups excluding carboxylic acids is 2. The molecule has 0 bridgehead atoms. The molecule has 0 fully saturated rings. The number of rotatable bonds is 2. The van der Waals surface area contributed by atoms with Crippen LogP contribution in [-0.2, 0) is 9.59 Å². The molecule has 1 N–H and O–H groups in total. The molecule has 0 saturated heterocycles. The van der Waals surface area contributed by atoms with Crippen molar-refractivity contribution < 1.29 is 9.59 Å². The van der Waals surface area contributed by atoms with Crippen LogP contribution in [0.1, 0.15) is 13.3 Å². The van der Waals surface area contributed by atoms with Crippen molar-refractivity contribution in [3.63, 3.8) is 0 Å². The summed E-state index contributed by atoms with van der Waals surface area (Å²) >= 11 is 0. The van der Waals surface area contributed by atoms with Gasteiger partial charge in [0.25, 0.3) is 11.8 Å². The summed E-state index contributed by atoms with van der Waals surface area (Å²) in [5.74, 6) is -0.634. The molecule has 58 valence electrons. The topological polar surface area (TPSA) is 46.2 Å². The summed E-state index contributed by atoms with van der Waals surface area (Å²) in [5, 5.41) is 2.15. The lowest BCUT2D eigenvalue weighted by Crippen LogP contribution is -2.21. The molecule has 0 aromatic rings. The third-order valence-electron chi connectivity index (χ3n) is 1.32. The molecule has 0 aromatic carbocycles. The number of carbonyl (C=O) groups is 2. The lowest BCUT2D eigenvalue weighted by atomic mass is 10.2. The minimum Gasteiger partial charge on any atom is -0.289 e. The van der Waals surface area contributed by atoms with Crippen molar-refractivity contribution in [1.29, 1.82) is 0 Å². The molecular weight excluding hydrogens is 142 g/mol. The zero-order chi connectivity index (χ0) is 8.27. The van der Waals surface area contributed by atoms with Crippen LogP contribution in [0, 0.1) is 0 Å². The van der Waals surface area contributed by atoms with E-state index in [4.69, 9.17) is 0 Å². The predicted octanol–water partition coefficient (Wildman–Crippen LogP) is 0.535. The number of hydrogen-bond donors (Lipinski definition) is 1. The van der Waals surface area contributed by atoms with Crippen molar-refractivity contribution in [2.75, 3.05) is 0 Å². The molecule has 1 heterocycles. The van der Waals surface area contributed by atoms with Gasteiger partial charge >= 0.3 is 0 Å². The zero-order valence-corrected chi connectivity index (χ0v) is 6.26. The van der Waals surface area contributed by atoms with E-state index in [0.29, 0.717) is 5.57 Å². The van der Waals surface area contributed by atoms with E-state index in [2.05, 4.69) is 5.32 Å². The Kier molecular flexibility index (Phi) is 2.21. The van der Waals surface area contributed by atoms with Crippen LogP contribution in [-0.4, -0.2) is 11.8 Å². The van der Waals surface area contributed by atoms with E-state index in [9.17, 15) is 9.59 Å². The van der Waals surface area contributed by atoms with Crippen molar-refractivity contribution in [3.05, 3.63) is 23.8 Å². The maximum atomic E-state index is 10.8. The summed E-state index contributed by atoms with van der Waals surface area (Å²) in [6.45, 7) is 1.96. The molecule has 0 radical (unpaired) electrons. The van der Waals surface area contributed by atoms with Gasteiger partial charge in [-0.05, 0) is 6.42 Å². The maximum Gasteiger partial charge on any atom is 0.258 e. The third kappa shape index (κ3) is 1.77. The molecule has 3 heteroatoms. The summed E-state index contributed by atoms with van der Waals surface area (Å²) in [7, 11) is 0. The van der Waals surface area contributed by atoms with Gasteiger partial charge in [-0.15, -0.1) is 0 Å². The van der Waals surface area contributed by atoms with Crippen LogP contribution < -0.4 is 5.32 Å². The van der Waals surface area contributed by atoms with E-state index in [0.717, 1.165) is 6.42 Å². The van der Waals surface area contributed by atoms with Gasteiger partial charge in [-0.25, -0.2) is 0 Å². The zero-order valence-electron chi connectivity index (χ0n) is 6.26. The number of hydrogen-bond acceptors (Lipinski definition) is 2. The Morgan fingerprint density at radius 1 is 1.55 bits per heavy atom. The van der Waals surface area contributed by atoms with E-state index in [1.165, 1.54) is 6.08 Å². The average Bonchev–Trinajstić information content (AvgIpc) is 2.26. The van der Waals surface area contributed by atoms with E-state index in [1.807, 2.05) is 13.0 Å². The lowest BCUT2D eigenvalue weighted by Gasteiger charge is -1.88. The highest BCUT2D eigenvalue weighted by atomic mass is 16.2. The van der Waals surface area contributed by atoms with Crippen molar-refractivity contribution in [1.82, 2.24) is 5.32 Å². The predicted molar refractivity (Wildman–Crippen MR) is 40.7 cm³/mol. The first-order chi connectivity index (χ1) is 5.24. The van der Waals surface area contributed by atoms with Crippen molar-refractivity contribution >= 4 is 11.8 Å². The first-order valence-corrected chi connectivity index (χ1v) is 3.47. The van der Waals surface area contributed by atoms with Crippen LogP contribution in [0.15, 0.2) is 23.8 Å². The lowest BCUT2D eigenvalue weighted by molar-refractivity contribution is -0.123. The number of nitrogens with one attached hydrogen (secondary N) is 1. The number of imide groups is 1. The van der Waals surface area contributed by atoms with E-state index >= 15 is 0 Å². The van der Waals surface area contributed by atoms with Gasteiger partial charge in [0.05, 0.1) is 0 Å². The quantitative estimate of drug-likeness (QED) is 0.585. The molecule has 1 aliphatic heterocycles. The fraction of sp³-hybridized carbons (Fsp3) is 0.250. The Hall–Kier alpha value is -1.38. The molecule has 0 atom stereocenters. The fourth-order valence-corrected chi connectivity index (χ4v) is 0.796. The molecular formula is C8H9NO2. The smallest absolute Gasteiger partial charge is 0.258 e. The minimum absolute atomic E-state index is 0.306. The highest BCUT2D eigenvalue weighted by Gasteiger charge is 2.17. The van der Waals surface area contributed by atoms with Gasteiger partial charge in [0.1, 0.15) is 0 Å². The van der Waals surface area contributed by atoms with Gasteiger partial charge in [-0.3, -0.25) is 14.9 Å². The second kappa shape index (κ2) is 3.14. The molecule has 0 aromatic heterocycles. The van der Waals surface area contributed by atoms with Crippen LogP contribution in [0.4, 0.5) is 0 Å². The van der Waals surface area contributed by atoms with Crippen LogP contribution in [0.25, 0.3) is 0 Å². The Bertz CT molecular complexity index is 251. The average molecular weight is 151 g/mol. The SMILES string of the molecule is CC/C=C/C1=CC(=O)NC1=O. The molecule has 3 nitrogen and oxygen atoms in total. The Labute approximate surface area is 64.8 Å². The standard InChI is InChI=1S/C8H9NO2/c1-2-3-4-6-5-7(10)9-8(6)11/h3-5H,2H2,1H3,(H,9,10,11)/b4-3+. The summed E-state index contributed by atoms with van der Waals surface area (Å²) in [4.78, 5) is 21.4. The van der Waals surface area contributed by atoms with Crippen molar-refractivity contribution in [3.8, 4) is 0 Å².